The second kappa shape index (κ2) is 13.1. The Morgan fingerprint density at radius 3 is 1.74 bits per heavy atom. The molecule has 0 amide bonds. The van der Waals surface area contributed by atoms with Crippen molar-refractivity contribution >= 4 is 38.3 Å². The van der Waals surface area contributed by atoms with E-state index in [1.807, 2.05) is 36.4 Å². The minimum atomic E-state index is 0.0799. The van der Waals surface area contributed by atoms with Gasteiger partial charge < -0.3 is 4.57 Å². The van der Waals surface area contributed by atoms with Crippen LogP contribution in [0.2, 0.25) is 0 Å². The molecule has 5 heteroatoms. The zero-order valence-corrected chi connectivity index (χ0v) is 32.6. The maximum absolute atomic E-state index is 7.62. The highest BCUT2D eigenvalue weighted by Gasteiger charge is 2.38. The van der Waals surface area contributed by atoms with Gasteiger partial charge in [-0.3, -0.25) is 0 Å². The maximum Gasteiger partial charge on any atom is 0.187 e. The van der Waals surface area contributed by atoms with E-state index in [2.05, 4.69) is 146 Å². The fraction of sp³-hybridized carbons (Fsp3) is 0.154. The Balaban J connectivity index is 1.13. The second-order valence-corrected chi connectivity index (χ2v) is 16.7. The van der Waals surface area contributed by atoms with Crippen molar-refractivity contribution in [1.29, 1.82) is 0 Å². The van der Waals surface area contributed by atoms with Crippen LogP contribution in [-0.2, 0) is 10.8 Å². The van der Waals surface area contributed by atoms with Gasteiger partial charge in [0.15, 0.2) is 23.2 Å². The summed E-state index contributed by atoms with van der Waals surface area (Å²) in [6, 6.07) is 53.1. The Morgan fingerprint density at radius 1 is 0.491 bits per heavy atom. The largest absolute Gasteiger partial charge is 0.309 e. The molecule has 0 fully saturated rings. The van der Waals surface area contributed by atoms with E-state index in [4.69, 9.17) is 21.5 Å². The van der Waals surface area contributed by atoms with E-state index in [9.17, 15) is 0 Å². The average Bonchev–Trinajstić information content (AvgIpc) is 3.59. The van der Waals surface area contributed by atoms with Crippen molar-refractivity contribution in [3.05, 3.63) is 174 Å². The van der Waals surface area contributed by atoms with Gasteiger partial charge >= 0.3 is 0 Å². The van der Waals surface area contributed by atoms with Crippen LogP contribution in [0.3, 0.4) is 0 Å². The van der Waals surface area contributed by atoms with Crippen molar-refractivity contribution in [2.45, 2.75) is 51.4 Å². The lowest BCUT2D eigenvalue weighted by molar-refractivity contribution is 0.332. The van der Waals surface area contributed by atoms with Gasteiger partial charge in [-0.25, -0.2) is 19.8 Å². The molecule has 0 radical (unpaired) electrons. The van der Waals surface area contributed by atoms with Gasteiger partial charge in [0, 0.05) is 33.2 Å². The van der Waals surface area contributed by atoms with Gasteiger partial charge in [-0.1, -0.05) is 131 Å². The predicted octanol–water partition coefficient (Wildman–Crippen LogP) is 13.7. The number of nitrogens with zero attached hydrogens (tertiary/aromatic N) is 5. The van der Waals surface area contributed by atoms with Gasteiger partial charge in [0.05, 0.1) is 17.6 Å². The maximum atomic E-state index is 7.62. The first-order valence-electron chi connectivity index (χ1n) is 19.7. The molecule has 1 aliphatic rings. The fourth-order valence-corrected chi connectivity index (χ4v) is 8.80. The lowest BCUT2D eigenvalue weighted by Crippen LogP contribution is -2.33. The third kappa shape index (κ3) is 5.88. The molecule has 0 bridgehead atoms. The normalized spacial score (nSPS) is 14.4. The van der Waals surface area contributed by atoms with Crippen molar-refractivity contribution in [1.82, 2.24) is 19.5 Å². The fourth-order valence-electron chi connectivity index (χ4n) is 8.80. The molecule has 2 heterocycles. The van der Waals surface area contributed by atoms with Crippen molar-refractivity contribution < 1.29 is 0 Å². The summed E-state index contributed by atoms with van der Waals surface area (Å²) in [5, 5.41) is 5.10. The van der Waals surface area contributed by atoms with Crippen LogP contribution >= 0.6 is 0 Å². The monoisotopic (exact) mass is 735 g/mol. The van der Waals surface area contributed by atoms with E-state index >= 15 is 0 Å². The average molecular weight is 736 g/mol. The number of rotatable bonds is 5. The smallest absolute Gasteiger partial charge is 0.187 e. The Bertz CT molecular complexity index is 3060. The SMILES string of the molecule is [C-]#[N+]c1cccc(-c2nc(-c3ccc(-c4ccccc4)cc3)nc(-c3ccc(-n4c5cc6c(cc5c5c7ccccc7ccc54)C(C)(C)CCC6(C)C)cc3)n2)c1. The number of hydrogen-bond donors (Lipinski definition) is 0. The van der Waals surface area contributed by atoms with Crippen molar-refractivity contribution in [3.63, 3.8) is 0 Å². The number of hydrogen-bond acceptors (Lipinski definition) is 3. The van der Waals surface area contributed by atoms with Gasteiger partial charge in [-0.15, -0.1) is 0 Å². The zero-order valence-electron chi connectivity index (χ0n) is 32.6. The molecule has 2 aromatic heterocycles. The zero-order chi connectivity index (χ0) is 38.9. The number of benzene rings is 7. The number of fused-ring (bicyclic) bond motifs is 6. The molecule has 0 spiro atoms. The van der Waals surface area contributed by atoms with Gasteiger partial charge in [0.25, 0.3) is 0 Å². The lowest BCUT2D eigenvalue weighted by atomic mass is 9.63. The summed E-state index contributed by atoms with van der Waals surface area (Å²) in [4.78, 5) is 18.7. The van der Waals surface area contributed by atoms with Gasteiger partial charge in [0.2, 0.25) is 0 Å². The van der Waals surface area contributed by atoms with E-state index in [-0.39, 0.29) is 10.8 Å². The molecule has 0 unspecified atom stereocenters. The molecule has 57 heavy (non-hydrogen) atoms. The first-order valence-corrected chi connectivity index (χ1v) is 19.7. The number of aromatic nitrogens is 4. The molecule has 7 aromatic carbocycles. The van der Waals surface area contributed by atoms with Crippen LogP contribution in [-0.4, -0.2) is 19.5 Å². The third-order valence-corrected chi connectivity index (χ3v) is 12.1. The Hall–Kier alpha value is -6.90. The molecule has 0 saturated heterocycles. The molecule has 1 aliphatic carbocycles. The second-order valence-electron chi connectivity index (χ2n) is 16.7. The van der Waals surface area contributed by atoms with Crippen LogP contribution < -0.4 is 0 Å². The first kappa shape index (κ1) is 34.6. The molecular weight excluding hydrogens is 695 g/mol. The first-order chi connectivity index (χ1) is 27.7. The van der Waals surface area contributed by atoms with E-state index in [0.717, 1.165) is 39.9 Å². The topological polar surface area (TPSA) is 48.0 Å². The molecule has 10 rings (SSSR count). The van der Waals surface area contributed by atoms with Gasteiger partial charge in [-0.2, -0.15) is 0 Å². The summed E-state index contributed by atoms with van der Waals surface area (Å²) in [6.07, 6.45) is 2.33. The lowest BCUT2D eigenvalue weighted by Gasteiger charge is -2.42. The van der Waals surface area contributed by atoms with Crippen LogP contribution in [0.1, 0.15) is 51.7 Å². The summed E-state index contributed by atoms with van der Waals surface area (Å²) in [6.45, 7) is 17.2. The van der Waals surface area contributed by atoms with E-state index in [1.165, 1.54) is 50.1 Å². The van der Waals surface area contributed by atoms with E-state index < -0.39 is 0 Å². The van der Waals surface area contributed by atoms with Crippen molar-refractivity contribution in [2.75, 3.05) is 0 Å². The van der Waals surface area contributed by atoms with Gasteiger partial charge in [0.1, 0.15) is 0 Å². The van der Waals surface area contributed by atoms with Crippen LogP contribution in [0, 0.1) is 6.57 Å². The molecular formula is C52H41N5. The third-order valence-electron chi connectivity index (χ3n) is 12.1. The molecule has 0 aliphatic heterocycles. The van der Waals surface area contributed by atoms with E-state index in [0.29, 0.717) is 23.2 Å². The quantitative estimate of drug-likeness (QED) is 0.165. The summed E-state index contributed by atoms with van der Waals surface area (Å²) >= 11 is 0. The summed E-state index contributed by atoms with van der Waals surface area (Å²) in [5.74, 6) is 1.69. The highest BCUT2D eigenvalue weighted by atomic mass is 15.0. The van der Waals surface area contributed by atoms with Crippen LogP contribution in [0.5, 0.6) is 0 Å². The summed E-state index contributed by atoms with van der Waals surface area (Å²) < 4.78 is 2.44. The predicted molar refractivity (Wildman–Crippen MR) is 235 cm³/mol. The standard InChI is InChI=1S/C52H41N5/c1-51(2)28-29-52(3,4)44-32-46-42(31-43(44)51)47-41-17-10-9-14-35(41)24-27-45(47)57(46)40-25-22-37(23-26-40)49-54-48(55-50(56-49)38-15-11-16-39(30-38)53-5)36-20-18-34(19-21-36)33-12-7-6-8-13-33/h6-27,30-32H,28-29H2,1-4H3. The minimum absolute atomic E-state index is 0.0799. The molecule has 9 aromatic rings. The minimum Gasteiger partial charge on any atom is -0.309 e. The van der Waals surface area contributed by atoms with E-state index in [1.54, 1.807) is 6.07 Å². The summed E-state index contributed by atoms with van der Waals surface area (Å²) in [7, 11) is 0. The van der Waals surface area contributed by atoms with Crippen LogP contribution in [0.25, 0.3) is 88.4 Å². The highest BCUT2D eigenvalue weighted by Crippen LogP contribution is 2.49. The highest BCUT2D eigenvalue weighted by molar-refractivity contribution is 6.21. The van der Waals surface area contributed by atoms with Crippen molar-refractivity contribution in [3.8, 4) is 51.0 Å². The Morgan fingerprint density at radius 2 is 1.05 bits per heavy atom. The molecule has 0 atom stereocenters. The molecule has 0 N–H and O–H groups in total. The molecule has 5 nitrogen and oxygen atoms in total. The molecule has 274 valence electrons. The summed E-state index contributed by atoms with van der Waals surface area (Å²) in [5.41, 5.74) is 12.0. The van der Waals surface area contributed by atoms with Crippen molar-refractivity contribution in [2.24, 2.45) is 0 Å². The van der Waals surface area contributed by atoms with Gasteiger partial charge in [-0.05, 0) is 105 Å². The van der Waals surface area contributed by atoms with Crippen LogP contribution in [0.15, 0.2) is 152 Å². The Labute approximate surface area is 333 Å². The van der Waals surface area contributed by atoms with Crippen LogP contribution in [0.4, 0.5) is 5.69 Å². The molecule has 0 saturated carbocycles. The Kier molecular flexibility index (Phi) is 7.95.